The van der Waals surface area contributed by atoms with E-state index in [2.05, 4.69) is 10.3 Å². The molecule has 0 saturated carbocycles. The van der Waals surface area contributed by atoms with Crippen molar-refractivity contribution in [1.82, 2.24) is 10.2 Å². The molecule has 1 fully saturated rings. The number of carbonyl (C=O) groups excluding carboxylic acids is 1. The molecule has 1 aromatic rings. The third-order valence-corrected chi connectivity index (χ3v) is 4.33. The Labute approximate surface area is 185 Å². The first-order chi connectivity index (χ1) is 13.3. The van der Waals surface area contributed by atoms with Crippen molar-refractivity contribution in [2.24, 2.45) is 10.9 Å². The summed E-state index contributed by atoms with van der Waals surface area (Å²) in [5.41, 5.74) is 0.875. The van der Waals surface area contributed by atoms with Gasteiger partial charge < -0.3 is 19.7 Å². The molecule has 1 N–H and O–H groups in total. The third-order valence-electron chi connectivity index (χ3n) is 4.33. The van der Waals surface area contributed by atoms with Gasteiger partial charge in [-0.3, -0.25) is 9.79 Å². The Hall–Kier alpha value is -1.72. The van der Waals surface area contributed by atoms with E-state index in [1.54, 1.807) is 26.1 Å². The molecule has 29 heavy (non-hydrogen) atoms. The largest absolute Gasteiger partial charge is 0.484 e. The van der Waals surface area contributed by atoms with Gasteiger partial charge in [0.25, 0.3) is 0 Å². The van der Waals surface area contributed by atoms with Crippen LogP contribution >= 0.6 is 24.0 Å². The normalized spacial score (nSPS) is 17.3. The first-order valence-corrected chi connectivity index (χ1v) is 9.23. The number of piperidine rings is 1. The van der Waals surface area contributed by atoms with E-state index in [9.17, 15) is 18.0 Å². The molecule has 1 aliphatic rings. The topological polar surface area (TPSA) is 63.2 Å². The van der Waals surface area contributed by atoms with Gasteiger partial charge in [-0.15, -0.1) is 24.0 Å². The maximum Gasteiger partial charge on any atom is 0.422 e. The van der Waals surface area contributed by atoms with Gasteiger partial charge in [-0.1, -0.05) is 12.1 Å². The maximum absolute atomic E-state index is 12.2. The number of rotatable bonds is 6. The number of likely N-dealkylation sites (tertiary alicyclic amines) is 1. The molecule has 1 unspecified atom stereocenters. The van der Waals surface area contributed by atoms with Crippen molar-refractivity contribution >= 4 is 35.9 Å². The second-order valence-corrected chi connectivity index (χ2v) is 6.49. The summed E-state index contributed by atoms with van der Waals surface area (Å²) < 4.78 is 46.4. The van der Waals surface area contributed by atoms with Crippen LogP contribution in [0, 0.1) is 5.92 Å². The van der Waals surface area contributed by atoms with Crippen LogP contribution in [0.1, 0.15) is 25.3 Å². The van der Waals surface area contributed by atoms with Crippen LogP contribution in [-0.2, 0) is 16.1 Å². The Bertz CT molecular complexity index is 669. The van der Waals surface area contributed by atoms with Gasteiger partial charge in [-0.2, -0.15) is 13.2 Å². The van der Waals surface area contributed by atoms with Crippen molar-refractivity contribution in [3.8, 4) is 5.75 Å². The summed E-state index contributed by atoms with van der Waals surface area (Å²) in [6.45, 7) is 2.63. The molecule has 1 atom stereocenters. The lowest BCUT2D eigenvalue weighted by Gasteiger charge is -2.34. The molecule has 1 aliphatic heterocycles. The fourth-order valence-corrected chi connectivity index (χ4v) is 3.00. The molecule has 6 nitrogen and oxygen atoms in total. The Kier molecular flexibility index (Phi) is 10.5. The predicted molar refractivity (Wildman–Crippen MR) is 115 cm³/mol. The monoisotopic (exact) mass is 529 g/mol. The molecule has 1 saturated heterocycles. The molecule has 164 valence electrons. The SMILES string of the molecule is CCOC(=O)C1CCCN(C(=NC)NCc2ccc(OCC(F)(F)F)cc2)C1.I. The van der Waals surface area contributed by atoms with Crippen LogP contribution in [0.25, 0.3) is 0 Å². The van der Waals surface area contributed by atoms with Gasteiger partial charge in [-0.05, 0) is 37.5 Å². The highest BCUT2D eigenvalue weighted by Crippen LogP contribution is 2.20. The molecule has 0 bridgehead atoms. The summed E-state index contributed by atoms with van der Waals surface area (Å²) in [5, 5.41) is 3.23. The zero-order valence-electron chi connectivity index (χ0n) is 16.5. The first kappa shape index (κ1) is 25.3. The summed E-state index contributed by atoms with van der Waals surface area (Å²) in [7, 11) is 1.67. The molecular weight excluding hydrogens is 502 g/mol. The van der Waals surface area contributed by atoms with Crippen molar-refractivity contribution in [2.75, 3.05) is 33.4 Å². The van der Waals surface area contributed by atoms with Gasteiger partial charge in [-0.25, -0.2) is 0 Å². The second kappa shape index (κ2) is 12.1. The van der Waals surface area contributed by atoms with Crippen molar-refractivity contribution in [1.29, 1.82) is 0 Å². The Morgan fingerprint density at radius 2 is 2.00 bits per heavy atom. The van der Waals surface area contributed by atoms with Gasteiger partial charge in [0.05, 0.1) is 12.5 Å². The van der Waals surface area contributed by atoms with E-state index in [-0.39, 0.29) is 41.6 Å². The third kappa shape index (κ3) is 8.67. The lowest BCUT2D eigenvalue weighted by Crippen LogP contribution is -2.48. The van der Waals surface area contributed by atoms with E-state index in [1.807, 2.05) is 4.90 Å². The van der Waals surface area contributed by atoms with Gasteiger partial charge >= 0.3 is 12.1 Å². The molecule has 0 aromatic heterocycles. The molecule has 1 aromatic carbocycles. The fourth-order valence-electron chi connectivity index (χ4n) is 3.00. The van der Waals surface area contributed by atoms with Crippen molar-refractivity contribution in [3.05, 3.63) is 29.8 Å². The maximum atomic E-state index is 12.2. The van der Waals surface area contributed by atoms with Crippen molar-refractivity contribution < 1.29 is 27.4 Å². The molecule has 2 rings (SSSR count). The van der Waals surface area contributed by atoms with Crippen molar-refractivity contribution in [2.45, 2.75) is 32.5 Å². The number of nitrogens with one attached hydrogen (secondary N) is 1. The van der Waals surface area contributed by atoms with E-state index in [1.165, 1.54) is 12.1 Å². The number of hydrogen-bond donors (Lipinski definition) is 1. The van der Waals surface area contributed by atoms with Crippen LogP contribution in [0.3, 0.4) is 0 Å². The lowest BCUT2D eigenvalue weighted by atomic mass is 9.98. The first-order valence-electron chi connectivity index (χ1n) is 9.23. The highest BCUT2D eigenvalue weighted by Gasteiger charge is 2.29. The van der Waals surface area contributed by atoms with Gasteiger partial charge in [0.2, 0.25) is 0 Å². The predicted octanol–water partition coefficient (Wildman–Crippen LogP) is 3.60. The van der Waals surface area contributed by atoms with Crippen LogP contribution in [-0.4, -0.2) is 56.4 Å². The molecule has 0 radical (unpaired) electrons. The number of hydrogen-bond acceptors (Lipinski definition) is 4. The number of aliphatic imine (C=N–C) groups is 1. The summed E-state index contributed by atoms with van der Waals surface area (Å²) in [6.07, 6.45) is -2.69. The average molecular weight is 529 g/mol. The Morgan fingerprint density at radius 3 is 2.59 bits per heavy atom. The van der Waals surface area contributed by atoms with Crippen LogP contribution in [0.4, 0.5) is 13.2 Å². The minimum Gasteiger partial charge on any atom is -0.484 e. The van der Waals surface area contributed by atoms with Crippen LogP contribution in [0.15, 0.2) is 29.3 Å². The van der Waals surface area contributed by atoms with Crippen LogP contribution < -0.4 is 10.1 Å². The highest BCUT2D eigenvalue weighted by molar-refractivity contribution is 14.0. The standard InChI is InChI=1S/C19H26F3N3O3.HI/c1-3-27-17(26)15-5-4-10-25(12-15)18(23-2)24-11-14-6-8-16(9-7-14)28-13-19(20,21)22;/h6-9,15H,3-5,10-13H2,1-2H3,(H,23,24);1H. The molecule has 1 heterocycles. The Morgan fingerprint density at radius 1 is 1.31 bits per heavy atom. The molecule has 0 amide bonds. The smallest absolute Gasteiger partial charge is 0.422 e. The number of benzene rings is 1. The summed E-state index contributed by atoms with van der Waals surface area (Å²) >= 11 is 0. The quantitative estimate of drug-likeness (QED) is 0.264. The highest BCUT2D eigenvalue weighted by atomic mass is 127. The number of guanidine groups is 1. The number of halogens is 4. The van der Waals surface area contributed by atoms with E-state index < -0.39 is 12.8 Å². The van der Waals surface area contributed by atoms with E-state index >= 15 is 0 Å². The number of alkyl halides is 3. The fraction of sp³-hybridized carbons (Fsp3) is 0.579. The van der Waals surface area contributed by atoms with Crippen LogP contribution in [0.2, 0.25) is 0 Å². The molecular formula is C19H27F3IN3O3. The summed E-state index contributed by atoms with van der Waals surface area (Å²) in [6, 6.07) is 6.40. The second-order valence-electron chi connectivity index (χ2n) is 6.49. The minimum absolute atomic E-state index is 0. The number of esters is 1. The van der Waals surface area contributed by atoms with Gasteiger partial charge in [0.15, 0.2) is 12.6 Å². The van der Waals surface area contributed by atoms with Gasteiger partial charge in [0, 0.05) is 26.7 Å². The number of carbonyl (C=O) groups is 1. The van der Waals surface area contributed by atoms with Gasteiger partial charge in [0.1, 0.15) is 5.75 Å². The zero-order chi connectivity index (χ0) is 20.6. The zero-order valence-corrected chi connectivity index (χ0v) is 18.8. The molecule has 0 aliphatic carbocycles. The van der Waals surface area contributed by atoms with Crippen LogP contribution in [0.5, 0.6) is 5.75 Å². The summed E-state index contributed by atoms with van der Waals surface area (Å²) in [5.74, 6) is 0.486. The average Bonchev–Trinajstić information content (AvgIpc) is 2.67. The minimum atomic E-state index is -4.36. The van der Waals surface area contributed by atoms with E-state index in [0.29, 0.717) is 25.7 Å². The van der Waals surface area contributed by atoms with E-state index in [4.69, 9.17) is 9.47 Å². The lowest BCUT2D eigenvalue weighted by molar-refractivity contribution is -0.153. The number of nitrogens with zero attached hydrogens (tertiary/aromatic N) is 2. The molecule has 10 heteroatoms. The van der Waals surface area contributed by atoms with Crippen molar-refractivity contribution in [3.63, 3.8) is 0 Å². The molecule has 0 spiro atoms. The summed E-state index contributed by atoms with van der Waals surface area (Å²) in [4.78, 5) is 18.3. The Balaban J connectivity index is 0.00000420. The number of ether oxygens (including phenoxy) is 2. The van der Waals surface area contributed by atoms with E-state index in [0.717, 1.165) is 24.9 Å².